The lowest BCUT2D eigenvalue weighted by Crippen LogP contribution is -2.43. The van der Waals surface area contributed by atoms with E-state index >= 15 is 0 Å². The molecule has 3 heteroatoms. The van der Waals surface area contributed by atoms with Crippen molar-refractivity contribution in [1.29, 1.82) is 0 Å². The fourth-order valence-electron chi connectivity index (χ4n) is 1.95. The van der Waals surface area contributed by atoms with Gasteiger partial charge in [-0.3, -0.25) is 4.79 Å². The van der Waals surface area contributed by atoms with Crippen molar-refractivity contribution in [2.75, 3.05) is 13.1 Å². The zero-order chi connectivity index (χ0) is 14.1. The number of unbranched alkanes of at least 4 members (excludes halogenated alkanes) is 1. The first kappa shape index (κ1) is 15.7. The summed E-state index contributed by atoms with van der Waals surface area (Å²) in [4.78, 5) is 11.8. The van der Waals surface area contributed by atoms with Gasteiger partial charge in [0.1, 0.15) is 0 Å². The average molecular weight is 262 g/mol. The summed E-state index contributed by atoms with van der Waals surface area (Å²) in [6.45, 7) is 7.76. The maximum atomic E-state index is 11.8. The summed E-state index contributed by atoms with van der Waals surface area (Å²) in [6, 6.07) is 8.25. The first-order chi connectivity index (χ1) is 9.15. The van der Waals surface area contributed by atoms with Gasteiger partial charge in [0.25, 0.3) is 0 Å². The van der Waals surface area contributed by atoms with E-state index in [2.05, 4.69) is 48.7 Å². The van der Waals surface area contributed by atoms with Crippen LogP contribution in [0.15, 0.2) is 24.3 Å². The van der Waals surface area contributed by atoms with Gasteiger partial charge in [-0.15, -0.1) is 0 Å². The van der Waals surface area contributed by atoms with Gasteiger partial charge >= 0.3 is 0 Å². The van der Waals surface area contributed by atoms with E-state index in [9.17, 15) is 4.79 Å². The first-order valence-electron chi connectivity index (χ1n) is 7.20. The highest BCUT2D eigenvalue weighted by Crippen LogP contribution is 2.06. The molecule has 1 aromatic carbocycles. The lowest BCUT2D eigenvalue weighted by molar-refractivity contribution is -0.122. The van der Waals surface area contributed by atoms with Gasteiger partial charge in [0.2, 0.25) is 5.91 Å². The molecule has 0 bridgehead atoms. The van der Waals surface area contributed by atoms with Crippen LogP contribution in [0.25, 0.3) is 0 Å². The lowest BCUT2D eigenvalue weighted by atomic mass is 10.1. The summed E-state index contributed by atoms with van der Waals surface area (Å²) in [7, 11) is 0. The normalized spacial score (nSPS) is 12.2. The number of aryl methyl sites for hydroxylation is 1. The quantitative estimate of drug-likeness (QED) is 0.707. The molecule has 19 heavy (non-hydrogen) atoms. The molecule has 0 saturated heterocycles. The van der Waals surface area contributed by atoms with Crippen LogP contribution in [0.5, 0.6) is 0 Å². The van der Waals surface area contributed by atoms with Gasteiger partial charge in [-0.2, -0.15) is 0 Å². The highest BCUT2D eigenvalue weighted by molar-refractivity contribution is 5.81. The van der Waals surface area contributed by atoms with Crippen LogP contribution in [0.4, 0.5) is 0 Å². The molecule has 1 rings (SSSR count). The van der Waals surface area contributed by atoms with Crippen molar-refractivity contribution in [3.05, 3.63) is 35.4 Å². The summed E-state index contributed by atoms with van der Waals surface area (Å²) in [6.07, 6.45) is 3.11. The summed E-state index contributed by atoms with van der Waals surface area (Å²) in [5.41, 5.74) is 2.65. The highest BCUT2D eigenvalue weighted by atomic mass is 16.2. The fourth-order valence-corrected chi connectivity index (χ4v) is 1.95. The van der Waals surface area contributed by atoms with Gasteiger partial charge in [0.15, 0.2) is 0 Å². The largest absolute Gasteiger partial charge is 0.355 e. The highest BCUT2D eigenvalue weighted by Gasteiger charge is 2.10. The Balaban J connectivity index is 2.25. The third kappa shape index (κ3) is 5.88. The van der Waals surface area contributed by atoms with Crippen molar-refractivity contribution in [2.45, 2.75) is 46.1 Å². The van der Waals surface area contributed by atoms with Crippen LogP contribution < -0.4 is 10.6 Å². The van der Waals surface area contributed by atoms with E-state index in [4.69, 9.17) is 0 Å². The molecule has 0 aliphatic rings. The minimum absolute atomic E-state index is 0.0956. The number of carbonyl (C=O) groups is 1. The molecule has 1 aromatic rings. The van der Waals surface area contributed by atoms with E-state index in [0.717, 1.165) is 32.4 Å². The summed E-state index contributed by atoms with van der Waals surface area (Å²) >= 11 is 0. The molecule has 1 unspecified atom stereocenters. The van der Waals surface area contributed by atoms with Crippen molar-refractivity contribution in [3.63, 3.8) is 0 Å². The molecule has 0 spiro atoms. The molecule has 0 aliphatic heterocycles. The van der Waals surface area contributed by atoms with Crippen LogP contribution in [-0.2, 0) is 11.2 Å². The third-order valence-electron chi connectivity index (χ3n) is 3.33. The molecule has 0 heterocycles. The first-order valence-corrected chi connectivity index (χ1v) is 7.20. The van der Waals surface area contributed by atoms with E-state index in [1.165, 1.54) is 11.1 Å². The van der Waals surface area contributed by atoms with Crippen LogP contribution >= 0.6 is 0 Å². The summed E-state index contributed by atoms with van der Waals surface area (Å²) in [5.74, 6) is 0.0956. The monoisotopic (exact) mass is 262 g/mol. The number of benzene rings is 1. The van der Waals surface area contributed by atoms with Gasteiger partial charge in [-0.05, 0) is 44.4 Å². The van der Waals surface area contributed by atoms with Gasteiger partial charge in [0, 0.05) is 6.54 Å². The minimum Gasteiger partial charge on any atom is -0.355 e. The standard InChI is InChI=1S/C16H26N2O/c1-4-5-11-18-16(19)14(3)17-12-10-15-9-7-6-8-13(15)2/h6-9,14,17H,4-5,10-12H2,1-3H3,(H,18,19). The molecule has 1 atom stereocenters. The Morgan fingerprint density at radius 1 is 1.26 bits per heavy atom. The maximum absolute atomic E-state index is 11.8. The predicted molar refractivity (Wildman–Crippen MR) is 80.3 cm³/mol. The molecular weight excluding hydrogens is 236 g/mol. The second kappa shape index (κ2) is 8.70. The molecule has 1 amide bonds. The number of amides is 1. The second-order valence-electron chi connectivity index (χ2n) is 5.00. The van der Waals surface area contributed by atoms with Crippen molar-refractivity contribution >= 4 is 5.91 Å². The smallest absolute Gasteiger partial charge is 0.236 e. The van der Waals surface area contributed by atoms with Gasteiger partial charge in [0.05, 0.1) is 6.04 Å². The molecule has 106 valence electrons. The Bertz CT molecular complexity index is 390. The average Bonchev–Trinajstić information content (AvgIpc) is 2.41. The van der Waals surface area contributed by atoms with Gasteiger partial charge in [-0.1, -0.05) is 37.6 Å². The van der Waals surface area contributed by atoms with E-state index in [0.29, 0.717) is 0 Å². The predicted octanol–water partition coefficient (Wildman–Crippen LogP) is 2.43. The Labute approximate surface area is 116 Å². The second-order valence-corrected chi connectivity index (χ2v) is 5.00. The van der Waals surface area contributed by atoms with Crippen molar-refractivity contribution in [2.24, 2.45) is 0 Å². The molecule has 0 radical (unpaired) electrons. The number of nitrogens with one attached hydrogen (secondary N) is 2. The minimum atomic E-state index is -0.124. The van der Waals surface area contributed by atoms with Crippen LogP contribution in [-0.4, -0.2) is 25.0 Å². The molecule has 3 nitrogen and oxygen atoms in total. The van der Waals surface area contributed by atoms with Crippen molar-refractivity contribution < 1.29 is 4.79 Å². The molecule has 0 fully saturated rings. The molecule has 2 N–H and O–H groups in total. The number of hydrogen-bond donors (Lipinski definition) is 2. The third-order valence-corrected chi connectivity index (χ3v) is 3.33. The molecule has 0 saturated carbocycles. The fraction of sp³-hybridized carbons (Fsp3) is 0.562. The number of hydrogen-bond acceptors (Lipinski definition) is 2. The van der Waals surface area contributed by atoms with Crippen molar-refractivity contribution in [3.8, 4) is 0 Å². The summed E-state index contributed by atoms with van der Waals surface area (Å²) < 4.78 is 0. The SMILES string of the molecule is CCCCNC(=O)C(C)NCCc1ccccc1C. The maximum Gasteiger partial charge on any atom is 0.236 e. The topological polar surface area (TPSA) is 41.1 Å². The van der Waals surface area contributed by atoms with Crippen molar-refractivity contribution in [1.82, 2.24) is 10.6 Å². The zero-order valence-electron chi connectivity index (χ0n) is 12.3. The zero-order valence-corrected chi connectivity index (χ0v) is 12.3. The van der Waals surface area contributed by atoms with Crippen LogP contribution in [0.1, 0.15) is 37.8 Å². The Kier molecular flexibility index (Phi) is 7.19. The Morgan fingerprint density at radius 3 is 2.68 bits per heavy atom. The Hall–Kier alpha value is -1.35. The van der Waals surface area contributed by atoms with Crippen LogP contribution in [0.3, 0.4) is 0 Å². The summed E-state index contributed by atoms with van der Waals surface area (Å²) in [5, 5.41) is 6.21. The molecular formula is C16H26N2O. The molecule has 0 aliphatic carbocycles. The van der Waals surface area contributed by atoms with Crippen LogP contribution in [0.2, 0.25) is 0 Å². The van der Waals surface area contributed by atoms with E-state index in [-0.39, 0.29) is 11.9 Å². The number of rotatable bonds is 8. The Morgan fingerprint density at radius 2 is 2.00 bits per heavy atom. The van der Waals surface area contributed by atoms with E-state index in [1.54, 1.807) is 0 Å². The van der Waals surface area contributed by atoms with Crippen LogP contribution in [0, 0.1) is 6.92 Å². The molecule has 0 aromatic heterocycles. The van der Waals surface area contributed by atoms with Gasteiger partial charge < -0.3 is 10.6 Å². The lowest BCUT2D eigenvalue weighted by Gasteiger charge is -2.14. The van der Waals surface area contributed by atoms with Gasteiger partial charge in [-0.25, -0.2) is 0 Å². The van der Waals surface area contributed by atoms with E-state index in [1.807, 2.05) is 6.92 Å². The number of carbonyl (C=O) groups excluding carboxylic acids is 1. The van der Waals surface area contributed by atoms with E-state index < -0.39 is 0 Å².